The Labute approximate surface area is 106 Å². The highest BCUT2D eigenvalue weighted by Crippen LogP contribution is 2.37. The van der Waals surface area contributed by atoms with Gasteiger partial charge in [0.25, 0.3) is 0 Å². The predicted molar refractivity (Wildman–Crippen MR) is 65.9 cm³/mol. The molecule has 2 aliphatic heterocycles. The van der Waals surface area contributed by atoms with Crippen molar-refractivity contribution in [1.82, 2.24) is 4.90 Å². The lowest BCUT2D eigenvalue weighted by atomic mass is 9.94. The smallest absolute Gasteiger partial charge is 0.313 e. The molecule has 0 saturated carbocycles. The molecule has 0 spiro atoms. The van der Waals surface area contributed by atoms with Crippen LogP contribution in [0.2, 0.25) is 0 Å². The van der Waals surface area contributed by atoms with Crippen LogP contribution in [0, 0.1) is 5.92 Å². The minimum absolute atomic E-state index is 0.118. The first-order valence-corrected chi connectivity index (χ1v) is 6.21. The SMILES string of the molecule is CO[C@@]12COC(=O)[C@H]1CN(Cc1ccccc1)C2. The first-order valence-electron chi connectivity index (χ1n) is 6.21. The number of hydrogen-bond donors (Lipinski definition) is 0. The quantitative estimate of drug-likeness (QED) is 0.749. The van der Waals surface area contributed by atoms with Gasteiger partial charge in [0.2, 0.25) is 0 Å². The van der Waals surface area contributed by atoms with E-state index in [0.29, 0.717) is 6.61 Å². The summed E-state index contributed by atoms with van der Waals surface area (Å²) in [5.74, 6) is -0.251. The minimum atomic E-state index is -0.425. The fraction of sp³-hybridized carbons (Fsp3) is 0.500. The fourth-order valence-electron chi connectivity index (χ4n) is 2.94. The molecule has 0 radical (unpaired) electrons. The van der Waals surface area contributed by atoms with Crippen molar-refractivity contribution in [2.24, 2.45) is 5.92 Å². The number of methoxy groups -OCH3 is 1. The van der Waals surface area contributed by atoms with Crippen LogP contribution < -0.4 is 0 Å². The van der Waals surface area contributed by atoms with E-state index in [2.05, 4.69) is 17.0 Å². The largest absolute Gasteiger partial charge is 0.462 e. The summed E-state index contributed by atoms with van der Waals surface area (Å²) in [6.07, 6.45) is 0. The van der Waals surface area contributed by atoms with Crippen LogP contribution >= 0.6 is 0 Å². The maximum absolute atomic E-state index is 11.7. The summed E-state index contributed by atoms with van der Waals surface area (Å²) in [5, 5.41) is 0. The molecule has 18 heavy (non-hydrogen) atoms. The summed E-state index contributed by atoms with van der Waals surface area (Å²) in [5.41, 5.74) is 0.836. The Balaban J connectivity index is 1.73. The molecule has 0 amide bonds. The van der Waals surface area contributed by atoms with Gasteiger partial charge in [-0.3, -0.25) is 9.69 Å². The van der Waals surface area contributed by atoms with Crippen molar-refractivity contribution in [3.05, 3.63) is 35.9 Å². The van der Waals surface area contributed by atoms with E-state index < -0.39 is 5.60 Å². The summed E-state index contributed by atoms with van der Waals surface area (Å²) in [6.45, 7) is 2.73. The van der Waals surface area contributed by atoms with Crippen molar-refractivity contribution in [1.29, 1.82) is 0 Å². The molecule has 4 nitrogen and oxygen atoms in total. The molecule has 4 heteroatoms. The number of benzene rings is 1. The maximum Gasteiger partial charge on any atom is 0.313 e. The molecule has 2 atom stereocenters. The Morgan fingerprint density at radius 1 is 1.44 bits per heavy atom. The molecule has 2 heterocycles. The molecule has 0 bridgehead atoms. The van der Waals surface area contributed by atoms with Gasteiger partial charge >= 0.3 is 5.97 Å². The van der Waals surface area contributed by atoms with Crippen LogP contribution in [0.4, 0.5) is 0 Å². The third-order valence-corrected chi connectivity index (χ3v) is 3.97. The van der Waals surface area contributed by atoms with Crippen molar-refractivity contribution in [2.75, 3.05) is 26.8 Å². The first-order chi connectivity index (χ1) is 8.73. The van der Waals surface area contributed by atoms with Crippen LogP contribution in [0.15, 0.2) is 30.3 Å². The molecule has 2 aliphatic rings. The normalized spacial score (nSPS) is 31.4. The number of fused-ring (bicyclic) bond motifs is 1. The summed E-state index contributed by atoms with van der Waals surface area (Å²) in [6, 6.07) is 10.3. The van der Waals surface area contributed by atoms with Gasteiger partial charge in [-0.05, 0) is 5.56 Å². The highest BCUT2D eigenvalue weighted by molar-refractivity contribution is 5.77. The average molecular weight is 247 g/mol. The second-order valence-electron chi connectivity index (χ2n) is 5.08. The second-order valence-corrected chi connectivity index (χ2v) is 5.08. The molecule has 2 saturated heterocycles. The summed E-state index contributed by atoms with van der Waals surface area (Å²) >= 11 is 0. The number of carbonyl (C=O) groups excluding carboxylic acids is 1. The molecule has 0 aromatic heterocycles. The third-order valence-electron chi connectivity index (χ3n) is 3.97. The van der Waals surface area contributed by atoms with Gasteiger partial charge in [-0.15, -0.1) is 0 Å². The third kappa shape index (κ3) is 1.82. The molecular formula is C14H17NO3. The minimum Gasteiger partial charge on any atom is -0.462 e. The Morgan fingerprint density at radius 2 is 2.22 bits per heavy atom. The van der Waals surface area contributed by atoms with E-state index in [4.69, 9.17) is 9.47 Å². The van der Waals surface area contributed by atoms with E-state index in [1.54, 1.807) is 7.11 Å². The standard InChI is InChI=1S/C14H17NO3/c1-17-14-9-15(7-11-5-3-2-4-6-11)8-12(14)13(16)18-10-14/h2-6,12H,7-10H2,1H3/t12-,14+/m1/s1. The van der Waals surface area contributed by atoms with Crippen molar-refractivity contribution in [3.63, 3.8) is 0 Å². The van der Waals surface area contributed by atoms with Gasteiger partial charge in [0.1, 0.15) is 18.1 Å². The lowest BCUT2D eigenvalue weighted by molar-refractivity contribution is -0.141. The second kappa shape index (κ2) is 4.37. The molecule has 2 fully saturated rings. The molecule has 96 valence electrons. The molecule has 0 N–H and O–H groups in total. The molecule has 1 aromatic rings. The number of rotatable bonds is 3. The van der Waals surface area contributed by atoms with Crippen molar-refractivity contribution in [2.45, 2.75) is 12.1 Å². The van der Waals surface area contributed by atoms with E-state index >= 15 is 0 Å². The predicted octanol–water partition coefficient (Wildman–Crippen LogP) is 1.06. The van der Waals surface area contributed by atoms with Gasteiger partial charge in [-0.2, -0.15) is 0 Å². The van der Waals surface area contributed by atoms with Gasteiger partial charge in [0.15, 0.2) is 0 Å². The first kappa shape index (κ1) is 11.7. The lowest BCUT2D eigenvalue weighted by Crippen LogP contribution is -2.40. The van der Waals surface area contributed by atoms with E-state index in [9.17, 15) is 4.79 Å². The van der Waals surface area contributed by atoms with Gasteiger partial charge in [0.05, 0.1) is 0 Å². The number of esters is 1. The van der Waals surface area contributed by atoms with Gasteiger partial charge in [-0.25, -0.2) is 0 Å². The van der Waals surface area contributed by atoms with Crippen LogP contribution in [0.1, 0.15) is 5.56 Å². The van der Waals surface area contributed by atoms with Crippen LogP contribution in [-0.4, -0.2) is 43.3 Å². The topological polar surface area (TPSA) is 38.8 Å². The van der Waals surface area contributed by atoms with Crippen LogP contribution in [-0.2, 0) is 20.8 Å². The number of carbonyl (C=O) groups is 1. The summed E-state index contributed by atoms with van der Waals surface area (Å²) in [4.78, 5) is 14.0. The number of hydrogen-bond acceptors (Lipinski definition) is 4. The molecule has 3 rings (SSSR count). The number of ether oxygens (including phenoxy) is 2. The van der Waals surface area contributed by atoms with E-state index in [-0.39, 0.29) is 11.9 Å². The molecule has 1 aromatic carbocycles. The van der Waals surface area contributed by atoms with Crippen LogP contribution in [0.3, 0.4) is 0 Å². The van der Waals surface area contributed by atoms with Crippen LogP contribution in [0.5, 0.6) is 0 Å². The zero-order valence-electron chi connectivity index (χ0n) is 10.5. The number of nitrogens with zero attached hydrogens (tertiary/aromatic N) is 1. The van der Waals surface area contributed by atoms with E-state index in [1.165, 1.54) is 5.56 Å². The molecule has 0 unspecified atom stereocenters. The zero-order valence-corrected chi connectivity index (χ0v) is 10.5. The zero-order chi connectivity index (χ0) is 12.6. The Bertz CT molecular complexity index is 448. The van der Waals surface area contributed by atoms with Gasteiger partial charge < -0.3 is 9.47 Å². The maximum atomic E-state index is 11.7. The molecular weight excluding hydrogens is 230 g/mol. The summed E-state index contributed by atoms with van der Waals surface area (Å²) < 4.78 is 10.7. The highest BCUT2D eigenvalue weighted by Gasteiger charge is 2.56. The Kier molecular flexibility index (Phi) is 2.84. The monoisotopic (exact) mass is 247 g/mol. The van der Waals surface area contributed by atoms with E-state index in [0.717, 1.165) is 19.6 Å². The van der Waals surface area contributed by atoms with Crippen molar-refractivity contribution < 1.29 is 14.3 Å². The van der Waals surface area contributed by atoms with E-state index in [1.807, 2.05) is 18.2 Å². The number of cyclic esters (lactones) is 1. The number of likely N-dealkylation sites (tertiary alicyclic amines) is 1. The van der Waals surface area contributed by atoms with Crippen LogP contribution in [0.25, 0.3) is 0 Å². The Hall–Kier alpha value is -1.39. The summed E-state index contributed by atoms with van der Waals surface area (Å²) in [7, 11) is 1.67. The Morgan fingerprint density at radius 3 is 2.89 bits per heavy atom. The molecule has 0 aliphatic carbocycles. The van der Waals surface area contributed by atoms with Gasteiger partial charge in [-0.1, -0.05) is 30.3 Å². The van der Waals surface area contributed by atoms with Crippen molar-refractivity contribution >= 4 is 5.97 Å². The van der Waals surface area contributed by atoms with Gasteiger partial charge in [0, 0.05) is 26.7 Å². The highest BCUT2D eigenvalue weighted by atomic mass is 16.6. The lowest BCUT2D eigenvalue weighted by Gasteiger charge is -2.24. The average Bonchev–Trinajstić information content (AvgIpc) is 2.89. The fourth-order valence-corrected chi connectivity index (χ4v) is 2.94. The van der Waals surface area contributed by atoms with Crippen molar-refractivity contribution in [3.8, 4) is 0 Å².